The van der Waals surface area contributed by atoms with E-state index in [1.165, 1.54) is 18.2 Å². The van der Waals surface area contributed by atoms with Crippen LogP contribution < -0.4 is 15.5 Å². The molecule has 12 heteroatoms. The van der Waals surface area contributed by atoms with E-state index in [-0.39, 0.29) is 35.4 Å². The lowest BCUT2D eigenvalue weighted by molar-refractivity contribution is -0.133. The van der Waals surface area contributed by atoms with Crippen molar-refractivity contribution in [1.29, 1.82) is 0 Å². The van der Waals surface area contributed by atoms with Crippen molar-refractivity contribution in [3.63, 3.8) is 0 Å². The number of halogens is 2. The van der Waals surface area contributed by atoms with Crippen molar-refractivity contribution in [3.05, 3.63) is 89.2 Å². The molecule has 1 saturated heterocycles. The largest absolute Gasteiger partial charge is 0.367 e. The zero-order chi connectivity index (χ0) is 28.6. The molecule has 0 aromatic heterocycles. The molecule has 0 radical (unpaired) electrons. The van der Waals surface area contributed by atoms with Gasteiger partial charge < -0.3 is 20.4 Å². The lowest BCUT2D eigenvalue weighted by Crippen LogP contribution is -2.52. The zero-order valence-corrected chi connectivity index (χ0v) is 23.0. The Bertz CT molecular complexity index is 1590. The predicted octanol–water partition coefficient (Wildman–Crippen LogP) is 3.28. The normalized spacial score (nSPS) is 17.7. The third-order valence-electron chi connectivity index (χ3n) is 6.99. The van der Waals surface area contributed by atoms with Crippen LogP contribution in [0.3, 0.4) is 0 Å². The Kier molecular flexibility index (Phi) is 7.52. The van der Waals surface area contributed by atoms with Crippen LogP contribution in [-0.2, 0) is 19.4 Å². The van der Waals surface area contributed by atoms with E-state index in [0.29, 0.717) is 35.6 Å². The van der Waals surface area contributed by atoms with Gasteiger partial charge in [0.25, 0.3) is 5.91 Å². The fourth-order valence-corrected chi connectivity index (χ4v) is 6.06. The van der Waals surface area contributed by atoms with E-state index < -0.39 is 33.0 Å². The van der Waals surface area contributed by atoms with Crippen molar-refractivity contribution < 1.29 is 27.2 Å². The first kappa shape index (κ1) is 27.6. The highest BCUT2D eigenvalue weighted by Crippen LogP contribution is 2.36. The molecule has 2 atom stereocenters. The molecule has 3 aromatic carbocycles. The van der Waals surface area contributed by atoms with Gasteiger partial charge in [-0.15, -0.1) is 11.6 Å². The van der Waals surface area contributed by atoms with Crippen molar-refractivity contribution >= 4 is 50.5 Å². The highest BCUT2D eigenvalue weighted by molar-refractivity contribution is 7.90. The summed E-state index contributed by atoms with van der Waals surface area (Å²) in [5, 5.41) is 4.65. The predicted molar refractivity (Wildman–Crippen MR) is 149 cm³/mol. The summed E-state index contributed by atoms with van der Waals surface area (Å²) < 4.78 is 38.3. The molecule has 0 spiro atoms. The van der Waals surface area contributed by atoms with Gasteiger partial charge in [0.2, 0.25) is 11.8 Å². The molecule has 1 fully saturated rings. The molecule has 0 aliphatic carbocycles. The van der Waals surface area contributed by atoms with Crippen LogP contribution >= 0.6 is 11.6 Å². The second kappa shape index (κ2) is 10.9. The van der Waals surface area contributed by atoms with Gasteiger partial charge in [0.1, 0.15) is 17.2 Å². The summed E-state index contributed by atoms with van der Waals surface area (Å²) in [4.78, 5) is 42.2. The Balaban J connectivity index is 1.34. The Labute approximate surface area is 235 Å². The highest BCUT2D eigenvalue weighted by Gasteiger charge is 2.33. The summed E-state index contributed by atoms with van der Waals surface area (Å²) in [6.07, 6.45) is 1.03. The first-order valence-corrected chi connectivity index (χ1v) is 14.8. The van der Waals surface area contributed by atoms with Crippen molar-refractivity contribution in [2.75, 3.05) is 42.7 Å². The van der Waals surface area contributed by atoms with E-state index in [1.54, 1.807) is 52.3 Å². The number of hydrogen-bond donors (Lipinski definition) is 2. The second-order valence-electron chi connectivity index (χ2n) is 9.67. The standard InChI is InChI=1S/C28H26ClFN4O5S/c1-40(38,39)23-16-19(30)8-10-22(23)33-11-13-34(14-12-33)28(37)25(17-5-3-2-4-6-17)32-26(35)18-7-9-20-21(15-18)31-27(36)24(20)29/h2-10,15-16,24-25H,11-14H2,1H3,(H,31,36)(H,32,35)/t24?,25-/m1/s1. The highest BCUT2D eigenvalue weighted by atomic mass is 35.5. The second-order valence-corrected chi connectivity index (χ2v) is 12.1. The van der Waals surface area contributed by atoms with Crippen molar-refractivity contribution in [1.82, 2.24) is 10.2 Å². The molecule has 2 aliphatic rings. The molecule has 2 aliphatic heterocycles. The average molecular weight is 585 g/mol. The number of alkyl halides is 1. The van der Waals surface area contributed by atoms with Crippen LogP contribution in [-0.4, -0.2) is 63.5 Å². The molecular formula is C28H26ClFN4O5S. The van der Waals surface area contributed by atoms with Gasteiger partial charge in [0, 0.05) is 49.2 Å². The lowest BCUT2D eigenvalue weighted by atomic mass is 10.0. The number of carbonyl (C=O) groups excluding carboxylic acids is 3. The van der Waals surface area contributed by atoms with Crippen LogP contribution in [0.25, 0.3) is 0 Å². The number of amides is 3. The molecule has 3 aromatic rings. The van der Waals surface area contributed by atoms with E-state index in [9.17, 15) is 27.2 Å². The van der Waals surface area contributed by atoms with Gasteiger partial charge in [-0.05, 0) is 35.9 Å². The van der Waals surface area contributed by atoms with Gasteiger partial charge in [-0.3, -0.25) is 14.4 Å². The number of piperazine rings is 1. The number of fused-ring (bicyclic) bond motifs is 1. The first-order chi connectivity index (χ1) is 19.0. The number of sulfone groups is 1. The van der Waals surface area contributed by atoms with Crippen molar-refractivity contribution in [3.8, 4) is 0 Å². The van der Waals surface area contributed by atoms with Crippen LogP contribution in [0.1, 0.15) is 32.9 Å². The Morgan fingerprint density at radius 2 is 1.73 bits per heavy atom. The number of anilines is 2. The van der Waals surface area contributed by atoms with Crippen molar-refractivity contribution in [2.45, 2.75) is 16.3 Å². The third-order valence-corrected chi connectivity index (χ3v) is 8.54. The minimum Gasteiger partial charge on any atom is -0.367 e. The average Bonchev–Trinajstić information content (AvgIpc) is 3.23. The van der Waals surface area contributed by atoms with E-state index >= 15 is 0 Å². The number of rotatable bonds is 6. The number of carbonyl (C=O) groups is 3. The number of nitrogens with zero attached hydrogens (tertiary/aromatic N) is 2. The Hall–Kier alpha value is -3.96. The van der Waals surface area contributed by atoms with Gasteiger partial charge in [-0.25, -0.2) is 12.8 Å². The van der Waals surface area contributed by atoms with E-state index in [2.05, 4.69) is 10.6 Å². The molecule has 5 rings (SSSR count). The van der Waals surface area contributed by atoms with Gasteiger partial charge in [0.05, 0.1) is 10.6 Å². The molecule has 3 amide bonds. The number of nitrogens with one attached hydrogen (secondary N) is 2. The summed E-state index contributed by atoms with van der Waals surface area (Å²) in [7, 11) is -3.67. The smallest absolute Gasteiger partial charge is 0.252 e. The van der Waals surface area contributed by atoms with Crippen LogP contribution in [0.5, 0.6) is 0 Å². The number of hydrogen-bond acceptors (Lipinski definition) is 6. The van der Waals surface area contributed by atoms with Gasteiger partial charge in [0.15, 0.2) is 9.84 Å². The fraction of sp³-hybridized carbons (Fsp3) is 0.250. The summed E-state index contributed by atoms with van der Waals surface area (Å²) >= 11 is 6.09. The maximum absolute atomic E-state index is 13.8. The summed E-state index contributed by atoms with van der Waals surface area (Å²) in [6, 6.07) is 16.2. The maximum Gasteiger partial charge on any atom is 0.252 e. The van der Waals surface area contributed by atoms with Crippen LogP contribution in [0, 0.1) is 5.82 Å². The quantitative estimate of drug-likeness (QED) is 0.430. The fourth-order valence-electron chi connectivity index (χ4n) is 4.91. The molecule has 9 nitrogen and oxygen atoms in total. The molecule has 40 heavy (non-hydrogen) atoms. The molecule has 0 saturated carbocycles. The molecule has 1 unspecified atom stereocenters. The lowest BCUT2D eigenvalue weighted by Gasteiger charge is -2.38. The first-order valence-electron chi connectivity index (χ1n) is 12.5. The van der Waals surface area contributed by atoms with Gasteiger partial charge >= 0.3 is 0 Å². The summed E-state index contributed by atoms with van der Waals surface area (Å²) in [6.45, 7) is 1.17. The van der Waals surface area contributed by atoms with E-state index in [1.807, 2.05) is 0 Å². The zero-order valence-electron chi connectivity index (χ0n) is 21.4. The topological polar surface area (TPSA) is 116 Å². The Morgan fingerprint density at radius 3 is 2.40 bits per heavy atom. The number of benzene rings is 3. The minimum atomic E-state index is -3.67. The van der Waals surface area contributed by atoms with Gasteiger partial charge in [-0.2, -0.15) is 0 Å². The molecule has 2 heterocycles. The van der Waals surface area contributed by atoms with Crippen LogP contribution in [0.2, 0.25) is 0 Å². The maximum atomic E-state index is 13.8. The SMILES string of the molecule is CS(=O)(=O)c1cc(F)ccc1N1CCN(C(=O)[C@H](NC(=O)c2ccc3c(c2)NC(=O)C3Cl)c2ccccc2)CC1. The van der Waals surface area contributed by atoms with Crippen LogP contribution in [0.15, 0.2) is 71.6 Å². The Morgan fingerprint density at radius 1 is 1.02 bits per heavy atom. The van der Waals surface area contributed by atoms with Gasteiger partial charge in [-0.1, -0.05) is 36.4 Å². The van der Waals surface area contributed by atoms with E-state index in [4.69, 9.17) is 11.6 Å². The molecule has 0 bridgehead atoms. The summed E-state index contributed by atoms with van der Waals surface area (Å²) in [5.41, 5.74) is 2.26. The van der Waals surface area contributed by atoms with Crippen molar-refractivity contribution in [2.24, 2.45) is 0 Å². The summed E-state index contributed by atoms with van der Waals surface area (Å²) in [5.74, 6) is -1.83. The third kappa shape index (κ3) is 5.52. The monoisotopic (exact) mass is 584 g/mol. The minimum absolute atomic E-state index is 0.104. The molecule has 208 valence electrons. The molecule has 2 N–H and O–H groups in total. The van der Waals surface area contributed by atoms with Crippen LogP contribution in [0.4, 0.5) is 15.8 Å². The van der Waals surface area contributed by atoms with E-state index in [0.717, 1.165) is 12.3 Å². The molecular weight excluding hydrogens is 559 g/mol.